The molecule has 0 saturated carbocycles. The molecule has 4 nitrogen and oxygen atoms in total. The molecule has 5 heteroatoms. The zero-order chi connectivity index (χ0) is 13.8. The summed E-state index contributed by atoms with van der Waals surface area (Å²) in [5, 5.41) is 8.92. The molecule has 1 aromatic carbocycles. The molecule has 0 N–H and O–H groups in total. The summed E-state index contributed by atoms with van der Waals surface area (Å²) in [7, 11) is 1.75. The smallest absolute Gasteiger partial charge is 0.246 e. The van der Waals surface area contributed by atoms with E-state index in [1.165, 1.54) is 12.1 Å². The number of hydrogen-bond acceptors (Lipinski definition) is 3. The highest BCUT2D eigenvalue weighted by atomic mass is 19.1. The molecule has 0 radical (unpaired) electrons. The number of hydrogen-bond donors (Lipinski definition) is 0. The highest BCUT2D eigenvalue weighted by Crippen LogP contribution is 2.22. The monoisotopic (exact) mass is 261 g/mol. The lowest BCUT2D eigenvalue weighted by molar-refractivity contribution is -0.130. The first-order valence-corrected chi connectivity index (χ1v) is 6.27. The van der Waals surface area contributed by atoms with Crippen molar-refractivity contribution in [3.63, 3.8) is 0 Å². The molecule has 1 aliphatic heterocycles. The maximum absolute atomic E-state index is 13.0. The first-order valence-electron chi connectivity index (χ1n) is 6.27. The fourth-order valence-electron chi connectivity index (χ4n) is 2.36. The maximum atomic E-state index is 13.0. The normalized spacial score (nSPS) is 20.1. The average molecular weight is 261 g/mol. The van der Waals surface area contributed by atoms with Crippen molar-refractivity contribution in [3.8, 4) is 6.07 Å². The fourth-order valence-corrected chi connectivity index (χ4v) is 2.36. The number of benzene rings is 1. The SMILES string of the molecule is CN1CCCN(c2ccc(F)cc2)C(CC#N)C1=O. The summed E-state index contributed by atoms with van der Waals surface area (Å²) in [5.74, 6) is -0.359. The van der Waals surface area contributed by atoms with Crippen molar-refractivity contribution < 1.29 is 9.18 Å². The summed E-state index contributed by atoms with van der Waals surface area (Å²) in [6, 6.07) is 7.63. The zero-order valence-corrected chi connectivity index (χ0v) is 10.8. The van der Waals surface area contributed by atoms with Crippen molar-refractivity contribution in [1.82, 2.24) is 4.90 Å². The number of carbonyl (C=O) groups excluding carboxylic acids is 1. The Balaban J connectivity index is 2.32. The first kappa shape index (κ1) is 13.3. The second-order valence-electron chi connectivity index (χ2n) is 4.66. The number of rotatable bonds is 2. The summed E-state index contributed by atoms with van der Waals surface area (Å²) in [6.07, 6.45) is 0.974. The van der Waals surface area contributed by atoms with Crippen LogP contribution >= 0.6 is 0 Å². The lowest BCUT2D eigenvalue weighted by atomic mass is 10.1. The van der Waals surface area contributed by atoms with Gasteiger partial charge in [0.2, 0.25) is 5.91 Å². The predicted octanol–water partition coefficient (Wildman–Crippen LogP) is 1.78. The van der Waals surface area contributed by atoms with E-state index in [1.54, 1.807) is 24.1 Å². The fraction of sp³-hybridized carbons (Fsp3) is 0.429. The number of halogens is 1. The number of likely N-dealkylation sites (N-methyl/N-ethyl adjacent to an activating group) is 1. The summed E-state index contributed by atoms with van der Waals surface area (Å²) < 4.78 is 13.0. The molecule has 1 aliphatic rings. The average Bonchev–Trinajstić information content (AvgIpc) is 2.54. The molecule has 2 rings (SSSR count). The van der Waals surface area contributed by atoms with Crippen molar-refractivity contribution in [2.24, 2.45) is 0 Å². The predicted molar refractivity (Wildman–Crippen MR) is 70.0 cm³/mol. The molecule has 19 heavy (non-hydrogen) atoms. The second kappa shape index (κ2) is 5.70. The molecule has 1 heterocycles. The van der Waals surface area contributed by atoms with Crippen molar-refractivity contribution in [2.75, 3.05) is 25.0 Å². The molecule has 0 bridgehead atoms. The molecule has 1 unspecified atom stereocenters. The van der Waals surface area contributed by atoms with E-state index in [2.05, 4.69) is 6.07 Å². The first-order chi connectivity index (χ1) is 9.13. The van der Waals surface area contributed by atoms with E-state index >= 15 is 0 Å². The lowest BCUT2D eigenvalue weighted by Gasteiger charge is -2.30. The molecule has 1 fully saturated rings. The quantitative estimate of drug-likeness (QED) is 0.815. The van der Waals surface area contributed by atoms with Crippen LogP contribution in [0.25, 0.3) is 0 Å². The molecule has 0 aliphatic carbocycles. The topological polar surface area (TPSA) is 47.3 Å². The highest BCUT2D eigenvalue weighted by Gasteiger charge is 2.31. The van der Waals surface area contributed by atoms with E-state index in [9.17, 15) is 9.18 Å². The largest absolute Gasteiger partial charge is 0.359 e. The molecule has 100 valence electrons. The van der Waals surface area contributed by atoms with Gasteiger partial charge in [-0.3, -0.25) is 4.79 Å². The third-order valence-electron chi connectivity index (χ3n) is 3.37. The summed E-state index contributed by atoms with van der Waals surface area (Å²) in [4.78, 5) is 15.8. The van der Waals surface area contributed by atoms with Crippen LogP contribution in [-0.4, -0.2) is 37.0 Å². The van der Waals surface area contributed by atoms with E-state index in [0.717, 1.165) is 12.1 Å². The van der Waals surface area contributed by atoms with Crippen LogP contribution in [0.3, 0.4) is 0 Å². The third-order valence-corrected chi connectivity index (χ3v) is 3.37. The van der Waals surface area contributed by atoms with E-state index in [1.807, 2.05) is 4.90 Å². The minimum absolute atomic E-state index is 0.0524. The van der Waals surface area contributed by atoms with E-state index in [4.69, 9.17) is 5.26 Å². The number of nitrogens with zero attached hydrogens (tertiary/aromatic N) is 3. The van der Waals surface area contributed by atoms with Crippen LogP contribution in [0.1, 0.15) is 12.8 Å². The van der Waals surface area contributed by atoms with Crippen LogP contribution < -0.4 is 4.90 Å². The van der Waals surface area contributed by atoms with Crippen LogP contribution in [0.15, 0.2) is 24.3 Å². The van der Waals surface area contributed by atoms with Crippen molar-refractivity contribution in [2.45, 2.75) is 18.9 Å². The van der Waals surface area contributed by atoms with Gasteiger partial charge in [-0.15, -0.1) is 0 Å². The molecular formula is C14H16FN3O. The Morgan fingerprint density at radius 2 is 2.05 bits per heavy atom. The Morgan fingerprint density at radius 3 is 2.68 bits per heavy atom. The van der Waals surface area contributed by atoms with E-state index in [-0.39, 0.29) is 18.1 Å². The summed E-state index contributed by atoms with van der Waals surface area (Å²) in [6.45, 7) is 1.37. The molecule has 1 saturated heterocycles. The number of carbonyl (C=O) groups is 1. The van der Waals surface area contributed by atoms with Gasteiger partial charge in [0, 0.05) is 25.8 Å². The zero-order valence-electron chi connectivity index (χ0n) is 10.8. The second-order valence-corrected chi connectivity index (χ2v) is 4.66. The van der Waals surface area contributed by atoms with Crippen molar-refractivity contribution in [3.05, 3.63) is 30.1 Å². The molecule has 0 aromatic heterocycles. The van der Waals surface area contributed by atoms with Gasteiger partial charge in [-0.05, 0) is 30.7 Å². The van der Waals surface area contributed by atoms with Crippen LogP contribution in [0.5, 0.6) is 0 Å². The van der Waals surface area contributed by atoms with Gasteiger partial charge in [0.25, 0.3) is 0 Å². The van der Waals surface area contributed by atoms with Gasteiger partial charge in [-0.25, -0.2) is 4.39 Å². The number of anilines is 1. The Hall–Kier alpha value is -2.09. The number of amides is 1. The maximum Gasteiger partial charge on any atom is 0.246 e. The van der Waals surface area contributed by atoms with Gasteiger partial charge < -0.3 is 9.80 Å². The van der Waals surface area contributed by atoms with Crippen molar-refractivity contribution >= 4 is 11.6 Å². The van der Waals surface area contributed by atoms with E-state index < -0.39 is 6.04 Å². The Labute approximate surface area is 112 Å². The van der Waals surface area contributed by atoms with Gasteiger partial charge in [0.1, 0.15) is 11.9 Å². The lowest BCUT2D eigenvalue weighted by Crippen LogP contribution is -2.44. The van der Waals surface area contributed by atoms with Crippen LogP contribution in [0.2, 0.25) is 0 Å². The van der Waals surface area contributed by atoms with Crippen LogP contribution in [-0.2, 0) is 4.79 Å². The van der Waals surface area contributed by atoms with E-state index in [0.29, 0.717) is 13.1 Å². The minimum atomic E-state index is -0.483. The highest BCUT2D eigenvalue weighted by molar-refractivity contribution is 5.86. The van der Waals surface area contributed by atoms with Crippen molar-refractivity contribution in [1.29, 1.82) is 5.26 Å². The number of nitriles is 1. The summed E-state index contributed by atoms with van der Waals surface area (Å²) in [5.41, 5.74) is 0.783. The van der Waals surface area contributed by atoms with Gasteiger partial charge >= 0.3 is 0 Å². The van der Waals surface area contributed by atoms with Crippen LogP contribution in [0, 0.1) is 17.1 Å². The molecule has 1 atom stereocenters. The van der Waals surface area contributed by atoms with Crippen LogP contribution in [0.4, 0.5) is 10.1 Å². The molecule has 1 amide bonds. The molecule has 0 spiro atoms. The van der Waals surface area contributed by atoms with Gasteiger partial charge in [0.05, 0.1) is 12.5 Å². The minimum Gasteiger partial charge on any atom is -0.359 e. The standard InChI is InChI=1S/C14H16FN3O/c1-17-9-2-10-18(13(7-8-16)14(17)19)12-5-3-11(15)4-6-12/h3-6,13H,2,7,9-10H2,1H3. The summed E-state index contributed by atoms with van der Waals surface area (Å²) >= 11 is 0. The molecular weight excluding hydrogens is 245 g/mol. The van der Waals surface area contributed by atoms with Gasteiger partial charge in [-0.1, -0.05) is 0 Å². The third kappa shape index (κ3) is 2.84. The Kier molecular flexibility index (Phi) is 4.00. The Bertz CT molecular complexity index is 494. The van der Waals surface area contributed by atoms with Gasteiger partial charge in [0.15, 0.2) is 0 Å². The Morgan fingerprint density at radius 1 is 1.37 bits per heavy atom. The molecule has 1 aromatic rings. The van der Waals surface area contributed by atoms with Gasteiger partial charge in [-0.2, -0.15) is 5.26 Å².